The van der Waals surface area contributed by atoms with Crippen LogP contribution in [0.5, 0.6) is 11.5 Å². The van der Waals surface area contributed by atoms with E-state index in [2.05, 4.69) is 5.32 Å². The number of amides is 2. The minimum Gasteiger partial charge on any atom is -0.493 e. The molecule has 2 aromatic rings. The predicted octanol–water partition coefficient (Wildman–Crippen LogP) is 4.21. The van der Waals surface area contributed by atoms with Crippen molar-refractivity contribution in [1.82, 2.24) is 4.90 Å². The van der Waals surface area contributed by atoms with Gasteiger partial charge in [-0.1, -0.05) is 32.0 Å². The number of nitrogens with one attached hydrogen (secondary N) is 1. The number of sulfone groups is 1. The van der Waals surface area contributed by atoms with Crippen molar-refractivity contribution in [3.05, 3.63) is 53.1 Å². The smallest absolute Gasteiger partial charge is 0.257 e. The Labute approximate surface area is 211 Å². The van der Waals surface area contributed by atoms with Gasteiger partial charge in [0.05, 0.1) is 36.8 Å². The normalized spacial score (nSPS) is 17.2. The molecule has 8 nitrogen and oxygen atoms in total. The van der Waals surface area contributed by atoms with Gasteiger partial charge in [-0.15, -0.1) is 0 Å². The van der Waals surface area contributed by atoms with Gasteiger partial charge in [-0.05, 0) is 49.1 Å². The number of fused-ring (bicyclic) bond motifs is 1. The van der Waals surface area contributed by atoms with Crippen LogP contribution in [0.2, 0.25) is 0 Å². The summed E-state index contributed by atoms with van der Waals surface area (Å²) in [6.07, 6.45) is -1.65. The lowest BCUT2D eigenvalue weighted by Gasteiger charge is -2.28. The maximum atomic E-state index is 13.7. The molecule has 1 aliphatic carbocycles. The Bertz CT molecular complexity index is 1290. The van der Waals surface area contributed by atoms with Gasteiger partial charge in [0.25, 0.3) is 5.91 Å². The SMILES string of the molecule is CC.[2H]C([2H])([2H])S(=O)(=O)C[C@H](c1ccc(OC)c(OCC)c1)N1Cc2cccc(NC(=O)C3CC3)c2C1=O. The number of rotatable bonds is 9. The highest BCUT2D eigenvalue weighted by atomic mass is 32.2. The standard InChI is InChI=1S/C24H28N2O6S.C2H6/c1-4-32-21-12-16(10-11-20(21)31-2)19(14-33(3,29)30)26-13-17-6-5-7-18(22(17)24(26)28)25-23(27)15-8-9-15;1-2/h5-7,10-12,15,19H,4,8-9,13-14H2,1-3H3,(H,25,27);1-2H3/t19-;/m1./s1/i3D3;. The van der Waals surface area contributed by atoms with Crippen LogP contribution >= 0.6 is 0 Å². The number of anilines is 1. The lowest BCUT2D eigenvalue weighted by atomic mass is 10.1. The molecule has 1 heterocycles. The molecule has 1 aliphatic heterocycles. The maximum Gasteiger partial charge on any atom is 0.257 e. The summed E-state index contributed by atoms with van der Waals surface area (Å²) in [5.74, 6) is -0.773. The summed E-state index contributed by atoms with van der Waals surface area (Å²) in [6, 6.07) is 8.70. The van der Waals surface area contributed by atoms with Gasteiger partial charge in [0, 0.05) is 22.8 Å². The van der Waals surface area contributed by atoms with Crippen molar-refractivity contribution in [2.45, 2.75) is 46.2 Å². The fourth-order valence-electron chi connectivity index (χ4n) is 4.06. The van der Waals surface area contributed by atoms with Gasteiger partial charge in [-0.2, -0.15) is 0 Å². The fourth-order valence-corrected chi connectivity index (χ4v) is 4.85. The van der Waals surface area contributed by atoms with Crippen molar-refractivity contribution < 1.29 is 31.6 Å². The summed E-state index contributed by atoms with van der Waals surface area (Å²) in [5, 5.41) is 2.82. The molecular weight excluding hydrogens is 468 g/mol. The van der Waals surface area contributed by atoms with Crippen molar-refractivity contribution >= 4 is 27.3 Å². The molecule has 2 aromatic carbocycles. The minimum atomic E-state index is -4.60. The molecule has 0 saturated heterocycles. The highest BCUT2D eigenvalue weighted by Crippen LogP contribution is 2.39. The molecule has 0 radical (unpaired) electrons. The van der Waals surface area contributed by atoms with Gasteiger partial charge in [-0.3, -0.25) is 9.59 Å². The third kappa shape index (κ3) is 6.14. The zero-order chi connectivity index (χ0) is 28.3. The number of ether oxygens (including phenoxy) is 2. The Kier molecular flexibility index (Phi) is 7.11. The number of hydrogen-bond donors (Lipinski definition) is 1. The number of carbonyl (C=O) groups excluding carboxylic acids is 2. The number of nitrogens with zero attached hydrogens (tertiary/aromatic N) is 1. The Morgan fingerprint density at radius 2 is 1.97 bits per heavy atom. The second kappa shape index (κ2) is 11.1. The molecule has 35 heavy (non-hydrogen) atoms. The summed E-state index contributed by atoms with van der Waals surface area (Å²) in [7, 11) is -3.14. The Morgan fingerprint density at radius 1 is 1.23 bits per heavy atom. The first-order valence-corrected chi connectivity index (χ1v) is 13.4. The number of carbonyl (C=O) groups is 2. The molecular formula is C26H34N2O6S. The topological polar surface area (TPSA) is 102 Å². The Balaban J connectivity index is 0.00000195. The predicted molar refractivity (Wildman–Crippen MR) is 136 cm³/mol. The van der Waals surface area contributed by atoms with Gasteiger partial charge >= 0.3 is 0 Å². The lowest BCUT2D eigenvalue weighted by molar-refractivity contribution is -0.117. The van der Waals surface area contributed by atoms with E-state index in [9.17, 15) is 18.0 Å². The van der Waals surface area contributed by atoms with Crippen molar-refractivity contribution in [1.29, 1.82) is 0 Å². The molecule has 0 bridgehead atoms. The molecule has 190 valence electrons. The number of hydrogen-bond acceptors (Lipinski definition) is 6. The molecule has 1 N–H and O–H groups in total. The molecule has 9 heteroatoms. The van der Waals surface area contributed by atoms with Crippen LogP contribution < -0.4 is 14.8 Å². The average molecular weight is 506 g/mol. The average Bonchev–Trinajstić information content (AvgIpc) is 3.67. The molecule has 0 aromatic heterocycles. The van der Waals surface area contributed by atoms with Gasteiger partial charge < -0.3 is 19.7 Å². The van der Waals surface area contributed by atoms with E-state index in [0.29, 0.717) is 34.9 Å². The highest BCUT2D eigenvalue weighted by Gasteiger charge is 2.38. The Hall–Kier alpha value is -3.07. The van der Waals surface area contributed by atoms with E-state index in [-0.39, 0.29) is 23.9 Å². The van der Waals surface area contributed by atoms with E-state index in [1.165, 1.54) is 12.0 Å². The summed E-state index contributed by atoms with van der Waals surface area (Å²) in [5.41, 5.74) is 1.64. The fraction of sp³-hybridized carbons (Fsp3) is 0.462. The van der Waals surface area contributed by atoms with E-state index in [4.69, 9.17) is 13.6 Å². The zero-order valence-electron chi connectivity index (χ0n) is 23.5. The summed E-state index contributed by atoms with van der Waals surface area (Å²) < 4.78 is 59.1. The monoisotopic (exact) mass is 505 g/mol. The van der Waals surface area contributed by atoms with Crippen LogP contribution in [-0.4, -0.2) is 50.8 Å². The third-order valence-electron chi connectivity index (χ3n) is 5.80. The van der Waals surface area contributed by atoms with Gasteiger partial charge in [0.2, 0.25) is 5.91 Å². The van der Waals surface area contributed by atoms with Crippen molar-refractivity contribution in [3.63, 3.8) is 0 Å². The van der Waals surface area contributed by atoms with Crippen LogP contribution in [0, 0.1) is 5.92 Å². The number of benzene rings is 2. The summed E-state index contributed by atoms with van der Waals surface area (Å²) in [4.78, 5) is 27.4. The van der Waals surface area contributed by atoms with Crippen molar-refractivity contribution in [2.24, 2.45) is 5.92 Å². The number of methoxy groups -OCH3 is 1. The maximum absolute atomic E-state index is 13.7. The van der Waals surface area contributed by atoms with Crippen LogP contribution in [-0.2, 0) is 21.2 Å². The third-order valence-corrected chi connectivity index (χ3v) is 6.55. The lowest BCUT2D eigenvalue weighted by Crippen LogP contribution is -2.34. The minimum absolute atomic E-state index is 0.0541. The van der Waals surface area contributed by atoms with E-state index in [1.54, 1.807) is 43.3 Å². The van der Waals surface area contributed by atoms with E-state index >= 15 is 0 Å². The molecule has 0 spiro atoms. The van der Waals surface area contributed by atoms with Crippen molar-refractivity contribution in [3.8, 4) is 11.5 Å². The van der Waals surface area contributed by atoms with Crippen molar-refractivity contribution in [2.75, 3.05) is 31.0 Å². The summed E-state index contributed by atoms with van der Waals surface area (Å²) in [6.45, 7) is 6.15. The van der Waals surface area contributed by atoms with Gasteiger partial charge in [0.15, 0.2) is 11.5 Å². The quantitative estimate of drug-likeness (QED) is 0.548. The zero-order valence-corrected chi connectivity index (χ0v) is 21.3. The van der Waals surface area contributed by atoms with Crippen LogP contribution in [0.15, 0.2) is 36.4 Å². The largest absolute Gasteiger partial charge is 0.493 e. The van der Waals surface area contributed by atoms with E-state index in [0.717, 1.165) is 12.8 Å². The first-order valence-electron chi connectivity index (χ1n) is 13.2. The first-order chi connectivity index (χ1) is 18.0. The first kappa shape index (κ1) is 22.4. The molecule has 0 unspecified atom stereocenters. The van der Waals surface area contributed by atoms with Gasteiger partial charge in [0.1, 0.15) is 9.84 Å². The van der Waals surface area contributed by atoms with Crippen LogP contribution in [0.1, 0.15) is 65.3 Å². The van der Waals surface area contributed by atoms with E-state index < -0.39 is 33.7 Å². The molecule has 2 amide bonds. The van der Waals surface area contributed by atoms with E-state index in [1.807, 2.05) is 13.8 Å². The summed E-state index contributed by atoms with van der Waals surface area (Å²) >= 11 is 0. The molecule has 1 atom stereocenters. The molecule has 2 aliphatic rings. The van der Waals surface area contributed by atoms with Gasteiger partial charge in [-0.25, -0.2) is 8.42 Å². The van der Waals surface area contributed by atoms with Crippen LogP contribution in [0.25, 0.3) is 0 Å². The second-order valence-electron chi connectivity index (χ2n) is 8.18. The van der Waals surface area contributed by atoms with Crippen LogP contribution in [0.4, 0.5) is 5.69 Å². The van der Waals surface area contributed by atoms with Crippen LogP contribution in [0.3, 0.4) is 0 Å². The second-order valence-corrected chi connectivity index (χ2v) is 9.74. The molecule has 1 fully saturated rings. The Morgan fingerprint density at radius 3 is 2.60 bits per heavy atom. The molecule has 4 rings (SSSR count). The molecule has 1 saturated carbocycles. The highest BCUT2D eigenvalue weighted by molar-refractivity contribution is 7.90.